The Morgan fingerprint density at radius 3 is 2.43 bits per heavy atom. The van der Waals surface area contributed by atoms with E-state index in [2.05, 4.69) is 4.74 Å². The van der Waals surface area contributed by atoms with Crippen LogP contribution in [0.1, 0.15) is 43.7 Å². The van der Waals surface area contributed by atoms with Crippen LogP contribution in [0.25, 0.3) is 0 Å². The second-order valence-corrected chi connectivity index (χ2v) is 5.46. The molecule has 0 spiro atoms. The summed E-state index contributed by atoms with van der Waals surface area (Å²) < 4.78 is 54.2. The predicted octanol–water partition coefficient (Wildman–Crippen LogP) is 4.50. The Labute approximate surface area is 121 Å². The van der Waals surface area contributed by atoms with Crippen molar-refractivity contribution in [3.63, 3.8) is 0 Å². The van der Waals surface area contributed by atoms with Crippen LogP contribution in [0.4, 0.5) is 17.6 Å². The van der Waals surface area contributed by atoms with Crippen molar-refractivity contribution in [1.29, 1.82) is 0 Å². The van der Waals surface area contributed by atoms with Crippen LogP contribution in [0.5, 0.6) is 5.75 Å². The largest absolute Gasteiger partial charge is 0.461 e. The van der Waals surface area contributed by atoms with Crippen molar-refractivity contribution in [1.82, 2.24) is 0 Å². The number of benzene rings is 1. The molecule has 0 bridgehead atoms. The first-order chi connectivity index (χ1) is 9.90. The summed E-state index contributed by atoms with van der Waals surface area (Å²) in [6, 6.07) is 5.49. The topological polar surface area (TPSA) is 35.2 Å². The first-order valence-electron chi connectivity index (χ1n) is 7.10. The van der Waals surface area contributed by atoms with Crippen molar-refractivity contribution >= 4 is 0 Å². The van der Waals surface area contributed by atoms with Crippen LogP contribution in [0.2, 0.25) is 0 Å². The Kier molecular flexibility index (Phi) is 5.08. The second kappa shape index (κ2) is 6.64. The van der Waals surface area contributed by atoms with Gasteiger partial charge < -0.3 is 10.5 Å². The Balaban J connectivity index is 2.09. The van der Waals surface area contributed by atoms with Gasteiger partial charge in [0.25, 0.3) is 0 Å². The fourth-order valence-corrected chi connectivity index (χ4v) is 2.75. The zero-order chi connectivity index (χ0) is 15.5. The smallest absolute Gasteiger partial charge is 0.428 e. The van der Waals surface area contributed by atoms with Crippen molar-refractivity contribution < 1.29 is 22.3 Å². The lowest BCUT2D eigenvalue weighted by Gasteiger charge is -2.28. The highest BCUT2D eigenvalue weighted by molar-refractivity contribution is 5.31. The number of nitrogens with two attached hydrogens (primary N) is 1. The molecule has 0 radical (unpaired) electrons. The van der Waals surface area contributed by atoms with Crippen LogP contribution in [0.3, 0.4) is 0 Å². The van der Waals surface area contributed by atoms with E-state index in [1.165, 1.54) is 24.6 Å². The molecule has 1 aromatic rings. The minimum absolute atomic E-state index is 0.283. The molecule has 2 nitrogen and oxygen atoms in total. The molecule has 1 aromatic carbocycles. The standard InChI is InChI=1S/C15H19F4NO/c16-14(17)15(18,19)21-12-8-4-7-11(9-12)13(20)10-5-2-1-3-6-10/h4,7-10,13-14H,1-3,5-6,20H2/t13-/m0/s1. The van der Waals surface area contributed by atoms with E-state index in [1.54, 1.807) is 6.07 Å². The number of ether oxygens (including phenoxy) is 1. The van der Waals surface area contributed by atoms with Crippen molar-refractivity contribution in [2.24, 2.45) is 11.7 Å². The maximum absolute atomic E-state index is 12.9. The Morgan fingerprint density at radius 1 is 1.14 bits per heavy atom. The summed E-state index contributed by atoms with van der Waals surface area (Å²) in [6.07, 6.45) is -2.96. The van der Waals surface area contributed by atoms with Gasteiger partial charge in [0.05, 0.1) is 0 Å². The monoisotopic (exact) mass is 305 g/mol. The van der Waals surface area contributed by atoms with Gasteiger partial charge in [-0.05, 0) is 36.5 Å². The van der Waals surface area contributed by atoms with E-state index in [9.17, 15) is 17.6 Å². The quantitative estimate of drug-likeness (QED) is 0.813. The van der Waals surface area contributed by atoms with Crippen LogP contribution >= 0.6 is 0 Å². The molecule has 118 valence electrons. The molecule has 6 heteroatoms. The fraction of sp³-hybridized carbons (Fsp3) is 0.600. The average Bonchev–Trinajstić information content (AvgIpc) is 2.47. The molecule has 1 atom stereocenters. The molecule has 1 aliphatic carbocycles. The zero-order valence-corrected chi connectivity index (χ0v) is 11.6. The average molecular weight is 305 g/mol. The van der Waals surface area contributed by atoms with E-state index in [-0.39, 0.29) is 11.8 Å². The molecule has 0 heterocycles. The Bertz CT molecular complexity index is 461. The molecule has 1 aliphatic rings. The number of hydrogen-bond acceptors (Lipinski definition) is 2. The van der Waals surface area contributed by atoms with Crippen molar-refractivity contribution in [2.45, 2.75) is 50.7 Å². The van der Waals surface area contributed by atoms with Gasteiger partial charge >= 0.3 is 12.5 Å². The molecule has 0 aliphatic heterocycles. The van der Waals surface area contributed by atoms with E-state index in [1.807, 2.05) is 0 Å². The van der Waals surface area contributed by atoms with Gasteiger partial charge in [-0.1, -0.05) is 31.4 Å². The van der Waals surface area contributed by atoms with Gasteiger partial charge in [-0.15, -0.1) is 0 Å². The SMILES string of the molecule is N[C@H](c1cccc(OC(F)(F)C(F)F)c1)C1CCCCC1. The van der Waals surface area contributed by atoms with E-state index in [0.717, 1.165) is 25.7 Å². The molecule has 0 saturated heterocycles. The van der Waals surface area contributed by atoms with Crippen LogP contribution in [0, 0.1) is 5.92 Å². The lowest BCUT2D eigenvalue weighted by Crippen LogP contribution is -2.33. The maximum Gasteiger partial charge on any atom is 0.461 e. The molecule has 2 rings (SSSR count). The van der Waals surface area contributed by atoms with Gasteiger partial charge in [0.1, 0.15) is 5.75 Å². The summed E-state index contributed by atoms with van der Waals surface area (Å²) in [5, 5.41) is 0. The van der Waals surface area contributed by atoms with Crippen LogP contribution in [-0.2, 0) is 0 Å². The van der Waals surface area contributed by atoms with Crippen LogP contribution in [-0.4, -0.2) is 12.5 Å². The molecule has 21 heavy (non-hydrogen) atoms. The summed E-state index contributed by atoms with van der Waals surface area (Å²) >= 11 is 0. The minimum atomic E-state index is -4.49. The molecule has 1 saturated carbocycles. The van der Waals surface area contributed by atoms with E-state index >= 15 is 0 Å². The van der Waals surface area contributed by atoms with E-state index in [0.29, 0.717) is 11.5 Å². The van der Waals surface area contributed by atoms with E-state index < -0.39 is 12.5 Å². The molecule has 0 unspecified atom stereocenters. The lowest BCUT2D eigenvalue weighted by atomic mass is 9.81. The maximum atomic E-state index is 12.9. The van der Waals surface area contributed by atoms with E-state index in [4.69, 9.17) is 5.73 Å². The number of rotatable bonds is 5. The number of alkyl halides is 4. The first kappa shape index (κ1) is 16.1. The van der Waals surface area contributed by atoms with Gasteiger partial charge in [0, 0.05) is 6.04 Å². The highest BCUT2D eigenvalue weighted by Gasteiger charge is 2.44. The van der Waals surface area contributed by atoms with Gasteiger partial charge in [-0.25, -0.2) is 0 Å². The Hall–Kier alpha value is -1.30. The normalized spacial score (nSPS) is 18.8. The molecule has 0 amide bonds. The molecular formula is C15H19F4NO. The van der Waals surface area contributed by atoms with Crippen molar-refractivity contribution in [3.05, 3.63) is 29.8 Å². The van der Waals surface area contributed by atoms with Gasteiger partial charge in [0.2, 0.25) is 0 Å². The first-order valence-corrected chi connectivity index (χ1v) is 7.10. The number of halogens is 4. The summed E-state index contributed by atoms with van der Waals surface area (Å²) in [5.41, 5.74) is 6.81. The Morgan fingerprint density at radius 2 is 1.81 bits per heavy atom. The third-order valence-electron chi connectivity index (χ3n) is 3.91. The number of hydrogen-bond donors (Lipinski definition) is 1. The molecule has 2 N–H and O–H groups in total. The van der Waals surface area contributed by atoms with Gasteiger partial charge in [0.15, 0.2) is 0 Å². The molecular weight excluding hydrogens is 286 g/mol. The lowest BCUT2D eigenvalue weighted by molar-refractivity contribution is -0.253. The summed E-state index contributed by atoms with van der Waals surface area (Å²) in [7, 11) is 0. The summed E-state index contributed by atoms with van der Waals surface area (Å²) in [5.74, 6) is 0.00803. The minimum Gasteiger partial charge on any atom is -0.428 e. The third-order valence-corrected chi connectivity index (χ3v) is 3.91. The third kappa shape index (κ3) is 4.09. The zero-order valence-electron chi connectivity index (χ0n) is 11.6. The highest BCUT2D eigenvalue weighted by Crippen LogP contribution is 2.35. The molecule has 0 aromatic heterocycles. The van der Waals surface area contributed by atoms with Gasteiger partial charge in [-0.2, -0.15) is 17.6 Å². The molecule has 1 fully saturated rings. The fourth-order valence-electron chi connectivity index (χ4n) is 2.75. The highest BCUT2D eigenvalue weighted by atomic mass is 19.3. The summed E-state index contributed by atoms with van der Waals surface area (Å²) in [6.45, 7) is 0. The summed E-state index contributed by atoms with van der Waals surface area (Å²) in [4.78, 5) is 0. The van der Waals surface area contributed by atoms with Crippen molar-refractivity contribution in [2.75, 3.05) is 0 Å². The van der Waals surface area contributed by atoms with Crippen molar-refractivity contribution in [3.8, 4) is 5.75 Å². The van der Waals surface area contributed by atoms with Crippen LogP contribution < -0.4 is 10.5 Å². The van der Waals surface area contributed by atoms with Gasteiger partial charge in [-0.3, -0.25) is 0 Å². The second-order valence-electron chi connectivity index (χ2n) is 5.46. The van der Waals surface area contributed by atoms with Crippen LogP contribution in [0.15, 0.2) is 24.3 Å². The predicted molar refractivity (Wildman–Crippen MR) is 71.5 cm³/mol.